The molecule has 0 aliphatic heterocycles. The van der Waals surface area contributed by atoms with Gasteiger partial charge < -0.3 is 9.67 Å². The van der Waals surface area contributed by atoms with E-state index in [4.69, 9.17) is 4.98 Å². The number of phenolic OH excluding ortho intramolecular Hbond substituents is 1. The predicted molar refractivity (Wildman–Crippen MR) is 133 cm³/mol. The summed E-state index contributed by atoms with van der Waals surface area (Å²) in [5, 5.41) is 12.7. The minimum atomic E-state index is 0. The maximum atomic E-state index is 10.4. The predicted octanol–water partition coefficient (Wildman–Crippen LogP) is 6.63. The number of hydrogen-bond acceptors (Lipinski definition) is 3. The summed E-state index contributed by atoms with van der Waals surface area (Å²) in [5.41, 5.74) is 6.38. The Morgan fingerprint density at radius 1 is 0.824 bits per heavy atom. The Morgan fingerprint density at radius 2 is 1.59 bits per heavy atom. The number of pyridine rings is 1. The normalized spacial score (nSPS) is 11.0. The Balaban J connectivity index is 0.00000241. The average molecular weight is 622 g/mol. The maximum Gasteiger partial charge on any atom is 0.143 e. The molecule has 0 saturated heterocycles. The van der Waals surface area contributed by atoms with Gasteiger partial charge in [-0.2, -0.15) is 0 Å². The molecule has 0 saturated carbocycles. The van der Waals surface area contributed by atoms with Gasteiger partial charge in [0.05, 0.1) is 16.6 Å². The molecule has 0 unspecified atom stereocenters. The molecule has 0 aliphatic rings. The maximum absolute atomic E-state index is 10.4. The van der Waals surface area contributed by atoms with E-state index in [1.807, 2.05) is 72.4 Å². The van der Waals surface area contributed by atoms with Crippen molar-refractivity contribution in [3.63, 3.8) is 0 Å². The third kappa shape index (κ3) is 3.61. The molecule has 4 aromatic carbocycles. The molecule has 2 aromatic heterocycles. The standard InChI is InChI=1S/C29H20N3O.Pt/c1-32-26-14-8-12-22(28(26)31-29(32)23-11-4-5-15-27(23)33)20-17-19-9-2-3-10-21(19)24(18-20)25-13-6-7-16-30-25;/h2-17,33H,1H3;/q-1;. The van der Waals surface area contributed by atoms with Gasteiger partial charge in [0.25, 0.3) is 0 Å². The molecule has 0 fully saturated rings. The molecule has 2 heterocycles. The molecule has 6 rings (SSSR count). The van der Waals surface area contributed by atoms with Crippen LogP contribution in [0.25, 0.3) is 55.6 Å². The number of aromatic nitrogens is 3. The number of imidazole rings is 1. The smallest absolute Gasteiger partial charge is 0.143 e. The van der Waals surface area contributed by atoms with Crippen molar-refractivity contribution in [3.8, 4) is 39.5 Å². The minimum absolute atomic E-state index is 0. The molecule has 0 radical (unpaired) electrons. The molecule has 5 heteroatoms. The zero-order valence-electron chi connectivity index (χ0n) is 18.3. The van der Waals surface area contributed by atoms with Crippen LogP contribution in [-0.2, 0) is 28.1 Å². The van der Waals surface area contributed by atoms with Crippen molar-refractivity contribution in [3.05, 3.63) is 103 Å². The van der Waals surface area contributed by atoms with Crippen LogP contribution < -0.4 is 0 Å². The summed E-state index contributed by atoms with van der Waals surface area (Å²) in [5.74, 6) is 0.938. The first-order valence-corrected chi connectivity index (χ1v) is 10.8. The quantitative estimate of drug-likeness (QED) is 0.226. The summed E-state index contributed by atoms with van der Waals surface area (Å²) in [6, 6.07) is 33.5. The molecule has 0 bridgehead atoms. The second-order valence-electron chi connectivity index (χ2n) is 8.05. The van der Waals surface area contributed by atoms with E-state index in [0.29, 0.717) is 5.56 Å². The van der Waals surface area contributed by atoms with E-state index in [0.717, 1.165) is 50.0 Å². The summed E-state index contributed by atoms with van der Waals surface area (Å²) >= 11 is 0. The van der Waals surface area contributed by atoms with Gasteiger partial charge in [-0.1, -0.05) is 82.6 Å². The number of para-hydroxylation sites is 2. The van der Waals surface area contributed by atoms with E-state index in [2.05, 4.69) is 41.4 Å². The Morgan fingerprint density at radius 3 is 2.41 bits per heavy atom. The molecule has 6 aromatic rings. The Bertz CT molecular complexity index is 1640. The summed E-state index contributed by atoms with van der Waals surface area (Å²) < 4.78 is 2.02. The van der Waals surface area contributed by atoms with Crippen molar-refractivity contribution in [1.82, 2.24) is 14.5 Å². The van der Waals surface area contributed by atoms with Crippen molar-refractivity contribution in [2.45, 2.75) is 0 Å². The van der Waals surface area contributed by atoms with Crippen LogP contribution >= 0.6 is 0 Å². The van der Waals surface area contributed by atoms with Crippen LogP contribution in [0.15, 0.2) is 97.2 Å². The van der Waals surface area contributed by atoms with E-state index in [-0.39, 0.29) is 26.8 Å². The minimum Gasteiger partial charge on any atom is -0.507 e. The van der Waals surface area contributed by atoms with Gasteiger partial charge in [0.2, 0.25) is 0 Å². The number of phenols is 1. The number of nitrogens with zero attached hydrogens (tertiary/aromatic N) is 3. The fourth-order valence-electron chi connectivity index (χ4n) is 4.44. The number of aryl methyl sites for hydroxylation is 1. The first-order chi connectivity index (χ1) is 16.2. The molecule has 0 aliphatic carbocycles. The average Bonchev–Trinajstić information content (AvgIpc) is 3.20. The van der Waals surface area contributed by atoms with Gasteiger partial charge in [0.1, 0.15) is 11.6 Å². The largest absolute Gasteiger partial charge is 0.507 e. The molecule has 168 valence electrons. The summed E-state index contributed by atoms with van der Waals surface area (Å²) in [4.78, 5) is 9.55. The van der Waals surface area contributed by atoms with Crippen molar-refractivity contribution >= 4 is 21.8 Å². The summed E-state index contributed by atoms with van der Waals surface area (Å²) in [6.07, 6.45) is 1.81. The van der Waals surface area contributed by atoms with Crippen LogP contribution in [0.3, 0.4) is 0 Å². The van der Waals surface area contributed by atoms with Crippen LogP contribution in [0.5, 0.6) is 5.75 Å². The number of aromatic hydroxyl groups is 1. The number of hydrogen-bond donors (Lipinski definition) is 1. The Labute approximate surface area is 211 Å². The summed E-state index contributed by atoms with van der Waals surface area (Å²) in [7, 11) is 1.98. The van der Waals surface area contributed by atoms with Crippen LogP contribution in [0.1, 0.15) is 0 Å². The fourth-order valence-corrected chi connectivity index (χ4v) is 4.44. The van der Waals surface area contributed by atoms with Gasteiger partial charge >= 0.3 is 0 Å². The molecular weight excluding hydrogens is 601 g/mol. The third-order valence-corrected chi connectivity index (χ3v) is 6.06. The monoisotopic (exact) mass is 621 g/mol. The van der Waals surface area contributed by atoms with E-state index in [1.54, 1.807) is 6.07 Å². The molecule has 34 heavy (non-hydrogen) atoms. The van der Waals surface area contributed by atoms with Gasteiger partial charge in [0, 0.05) is 40.0 Å². The zero-order chi connectivity index (χ0) is 22.4. The topological polar surface area (TPSA) is 50.9 Å². The second kappa shape index (κ2) is 8.89. The van der Waals surface area contributed by atoms with Crippen molar-refractivity contribution in [1.29, 1.82) is 0 Å². The van der Waals surface area contributed by atoms with Gasteiger partial charge in [0.15, 0.2) is 0 Å². The number of fused-ring (bicyclic) bond motifs is 2. The molecule has 4 nitrogen and oxygen atoms in total. The molecular formula is C29H20N3OPt-. The van der Waals surface area contributed by atoms with Gasteiger partial charge in [-0.15, -0.1) is 17.7 Å². The van der Waals surface area contributed by atoms with Crippen LogP contribution in [0, 0.1) is 6.07 Å². The van der Waals surface area contributed by atoms with Gasteiger partial charge in [-0.3, -0.25) is 4.98 Å². The van der Waals surface area contributed by atoms with Crippen molar-refractivity contribution in [2.24, 2.45) is 7.05 Å². The van der Waals surface area contributed by atoms with Crippen LogP contribution in [0.4, 0.5) is 0 Å². The molecule has 0 atom stereocenters. The Hall–Kier alpha value is -3.75. The Kier molecular flexibility index (Phi) is 5.77. The molecule has 0 amide bonds. The van der Waals surface area contributed by atoms with Crippen molar-refractivity contribution in [2.75, 3.05) is 0 Å². The van der Waals surface area contributed by atoms with Crippen molar-refractivity contribution < 1.29 is 26.2 Å². The van der Waals surface area contributed by atoms with Gasteiger partial charge in [-0.25, -0.2) is 4.98 Å². The van der Waals surface area contributed by atoms with E-state index >= 15 is 0 Å². The third-order valence-electron chi connectivity index (χ3n) is 6.06. The SMILES string of the molecule is Cn1c(-c2ccccc2O)nc2c(-c3[c-]c(-c4ccccn4)c4ccccc4c3)cccc21.[Pt]. The second-order valence-corrected chi connectivity index (χ2v) is 8.05. The van der Waals surface area contributed by atoms with E-state index in [1.165, 1.54) is 0 Å². The van der Waals surface area contributed by atoms with Crippen LogP contribution in [0.2, 0.25) is 0 Å². The van der Waals surface area contributed by atoms with Gasteiger partial charge in [-0.05, 0) is 24.3 Å². The van der Waals surface area contributed by atoms with E-state index in [9.17, 15) is 5.11 Å². The first-order valence-electron chi connectivity index (χ1n) is 10.8. The number of rotatable bonds is 3. The molecule has 1 N–H and O–H groups in total. The van der Waals surface area contributed by atoms with Crippen LogP contribution in [-0.4, -0.2) is 19.6 Å². The van der Waals surface area contributed by atoms with E-state index < -0.39 is 0 Å². The number of benzene rings is 4. The molecule has 0 spiro atoms. The fraction of sp³-hybridized carbons (Fsp3) is 0.0345. The summed E-state index contributed by atoms with van der Waals surface area (Å²) in [6.45, 7) is 0. The zero-order valence-corrected chi connectivity index (χ0v) is 20.6. The first kappa shape index (κ1) is 22.1.